The van der Waals surface area contributed by atoms with E-state index in [1.807, 2.05) is 6.92 Å². The maximum atomic E-state index is 12.6. The highest BCUT2D eigenvalue weighted by atomic mass is 35.5. The lowest BCUT2D eigenvalue weighted by Crippen LogP contribution is -2.17. The molecular weight excluding hydrogens is 306 g/mol. The molecule has 6 heteroatoms. The van der Waals surface area contributed by atoms with E-state index in [4.69, 9.17) is 11.6 Å². The lowest BCUT2D eigenvalue weighted by molar-refractivity contribution is 0.0988. The van der Waals surface area contributed by atoms with Crippen molar-refractivity contribution in [2.24, 2.45) is 0 Å². The Bertz CT molecular complexity index is 637. The fraction of sp³-hybridized carbons (Fsp3) is 0.400. The number of nitrogens with zero attached hydrogens (tertiary/aromatic N) is 3. The molecule has 21 heavy (non-hydrogen) atoms. The molecule has 1 fully saturated rings. The van der Waals surface area contributed by atoms with Gasteiger partial charge in [-0.15, -0.1) is 10.2 Å². The SMILES string of the molecule is CC[C@@H](Sc1nncn1C1CC1)C(=O)c1ccc(Cl)cc1. The second-order valence-corrected chi connectivity index (χ2v) is 6.74. The summed E-state index contributed by atoms with van der Waals surface area (Å²) < 4.78 is 2.09. The van der Waals surface area contributed by atoms with Crippen molar-refractivity contribution < 1.29 is 4.79 Å². The van der Waals surface area contributed by atoms with Crippen molar-refractivity contribution in [1.82, 2.24) is 14.8 Å². The van der Waals surface area contributed by atoms with Gasteiger partial charge in [-0.3, -0.25) is 4.79 Å². The Labute approximate surface area is 132 Å². The molecule has 1 saturated carbocycles. The van der Waals surface area contributed by atoms with Crippen molar-refractivity contribution in [3.63, 3.8) is 0 Å². The van der Waals surface area contributed by atoms with E-state index in [0.29, 0.717) is 16.6 Å². The maximum absolute atomic E-state index is 12.6. The van der Waals surface area contributed by atoms with E-state index >= 15 is 0 Å². The van der Waals surface area contributed by atoms with Crippen LogP contribution >= 0.6 is 23.4 Å². The van der Waals surface area contributed by atoms with Crippen LogP contribution in [-0.4, -0.2) is 25.8 Å². The van der Waals surface area contributed by atoms with Crippen LogP contribution < -0.4 is 0 Å². The number of carbonyl (C=O) groups excluding carboxylic acids is 1. The molecule has 0 saturated heterocycles. The highest BCUT2D eigenvalue weighted by molar-refractivity contribution is 8.00. The van der Waals surface area contributed by atoms with Gasteiger partial charge in [0.1, 0.15) is 6.33 Å². The molecule has 1 aromatic heterocycles. The molecular formula is C15H16ClN3OS. The fourth-order valence-corrected chi connectivity index (χ4v) is 3.37. The van der Waals surface area contributed by atoms with Crippen LogP contribution in [0.3, 0.4) is 0 Å². The molecule has 110 valence electrons. The lowest BCUT2D eigenvalue weighted by Gasteiger charge is -2.13. The predicted molar refractivity (Wildman–Crippen MR) is 84.0 cm³/mol. The molecule has 0 amide bonds. The minimum atomic E-state index is -0.145. The van der Waals surface area contributed by atoms with E-state index < -0.39 is 0 Å². The zero-order valence-electron chi connectivity index (χ0n) is 11.7. The number of hydrogen-bond donors (Lipinski definition) is 0. The van der Waals surface area contributed by atoms with Crippen molar-refractivity contribution >= 4 is 29.1 Å². The Hall–Kier alpha value is -1.33. The summed E-state index contributed by atoms with van der Waals surface area (Å²) in [6.45, 7) is 2.02. The Morgan fingerprint density at radius 3 is 2.76 bits per heavy atom. The van der Waals surface area contributed by atoms with Gasteiger partial charge < -0.3 is 4.57 Å². The Morgan fingerprint density at radius 2 is 2.14 bits per heavy atom. The van der Waals surface area contributed by atoms with Crippen molar-refractivity contribution in [2.75, 3.05) is 0 Å². The first-order valence-electron chi connectivity index (χ1n) is 7.05. The van der Waals surface area contributed by atoms with Crippen molar-refractivity contribution in [3.05, 3.63) is 41.2 Å². The van der Waals surface area contributed by atoms with Gasteiger partial charge in [0.25, 0.3) is 0 Å². The first-order chi connectivity index (χ1) is 10.2. The normalized spacial score (nSPS) is 15.9. The number of benzene rings is 1. The van der Waals surface area contributed by atoms with E-state index in [2.05, 4.69) is 14.8 Å². The van der Waals surface area contributed by atoms with Crippen LogP contribution in [0.15, 0.2) is 35.7 Å². The smallest absolute Gasteiger partial charge is 0.191 e. The highest BCUT2D eigenvalue weighted by Gasteiger charge is 2.28. The Morgan fingerprint density at radius 1 is 1.43 bits per heavy atom. The summed E-state index contributed by atoms with van der Waals surface area (Å²) in [5.74, 6) is 0.115. The first-order valence-corrected chi connectivity index (χ1v) is 8.30. The quantitative estimate of drug-likeness (QED) is 0.595. The van der Waals surface area contributed by atoms with Gasteiger partial charge in [0.05, 0.1) is 5.25 Å². The van der Waals surface area contributed by atoms with Gasteiger partial charge >= 0.3 is 0 Å². The van der Waals surface area contributed by atoms with Gasteiger partial charge in [-0.1, -0.05) is 30.3 Å². The monoisotopic (exact) mass is 321 g/mol. The molecule has 0 N–H and O–H groups in total. The molecule has 3 rings (SSSR count). The Kier molecular flexibility index (Phi) is 4.31. The third-order valence-electron chi connectivity index (χ3n) is 3.52. The molecule has 0 bridgehead atoms. The predicted octanol–water partition coefficient (Wildman–Crippen LogP) is 4.02. The lowest BCUT2D eigenvalue weighted by atomic mass is 10.1. The number of rotatable bonds is 6. The zero-order valence-corrected chi connectivity index (χ0v) is 13.3. The van der Waals surface area contributed by atoms with E-state index in [0.717, 1.165) is 11.6 Å². The Balaban J connectivity index is 1.76. The number of halogens is 1. The third-order valence-corrected chi connectivity index (χ3v) is 5.11. The number of hydrogen-bond acceptors (Lipinski definition) is 4. The summed E-state index contributed by atoms with van der Waals surface area (Å²) in [5, 5.41) is 9.47. The molecule has 0 aliphatic heterocycles. The summed E-state index contributed by atoms with van der Waals surface area (Å²) in [4.78, 5) is 12.6. The second-order valence-electron chi connectivity index (χ2n) is 5.14. The summed E-state index contributed by atoms with van der Waals surface area (Å²) in [7, 11) is 0. The van der Waals surface area contributed by atoms with Crippen molar-refractivity contribution in [3.8, 4) is 0 Å². The first kappa shape index (κ1) is 14.6. The summed E-state index contributed by atoms with van der Waals surface area (Å²) in [5.41, 5.74) is 0.691. The number of Topliss-reactive ketones (excluding diaryl/α,β-unsaturated/α-hetero) is 1. The van der Waals surface area contributed by atoms with Gasteiger partial charge in [-0.05, 0) is 43.5 Å². The molecule has 0 spiro atoms. The number of carbonyl (C=O) groups is 1. The molecule has 4 nitrogen and oxygen atoms in total. The van der Waals surface area contributed by atoms with Gasteiger partial charge in [0.15, 0.2) is 10.9 Å². The van der Waals surface area contributed by atoms with Gasteiger partial charge in [0, 0.05) is 16.6 Å². The van der Waals surface area contributed by atoms with Crippen LogP contribution in [-0.2, 0) is 0 Å². The minimum absolute atomic E-state index is 0.115. The van der Waals surface area contributed by atoms with E-state index in [-0.39, 0.29) is 11.0 Å². The maximum Gasteiger partial charge on any atom is 0.191 e. The van der Waals surface area contributed by atoms with Gasteiger partial charge in [0.2, 0.25) is 0 Å². The molecule has 1 atom stereocenters. The fourth-order valence-electron chi connectivity index (χ4n) is 2.17. The van der Waals surface area contributed by atoms with Crippen LogP contribution in [0.4, 0.5) is 0 Å². The summed E-state index contributed by atoms with van der Waals surface area (Å²) >= 11 is 7.37. The van der Waals surface area contributed by atoms with E-state index in [9.17, 15) is 4.79 Å². The van der Waals surface area contributed by atoms with Crippen molar-refractivity contribution in [1.29, 1.82) is 0 Å². The van der Waals surface area contributed by atoms with Crippen LogP contribution in [0.1, 0.15) is 42.6 Å². The van der Waals surface area contributed by atoms with Crippen LogP contribution in [0.2, 0.25) is 5.02 Å². The van der Waals surface area contributed by atoms with Crippen LogP contribution in [0.5, 0.6) is 0 Å². The number of aromatic nitrogens is 3. The van der Waals surface area contributed by atoms with Gasteiger partial charge in [-0.2, -0.15) is 0 Å². The molecule has 0 unspecified atom stereocenters. The van der Waals surface area contributed by atoms with Gasteiger partial charge in [-0.25, -0.2) is 0 Å². The topological polar surface area (TPSA) is 47.8 Å². The minimum Gasteiger partial charge on any atom is -0.306 e. The van der Waals surface area contributed by atoms with E-state index in [1.54, 1.807) is 30.6 Å². The average Bonchev–Trinajstić information content (AvgIpc) is 3.24. The number of thioether (sulfide) groups is 1. The molecule has 2 aromatic rings. The third kappa shape index (κ3) is 3.30. The molecule has 1 aliphatic carbocycles. The molecule has 1 heterocycles. The van der Waals surface area contributed by atoms with Crippen molar-refractivity contribution in [2.45, 2.75) is 42.6 Å². The summed E-state index contributed by atoms with van der Waals surface area (Å²) in [6.07, 6.45) is 4.87. The van der Waals surface area contributed by atoms with Crippen LogP contribution in [0.25, 0.3) is 0 Å². The summed E-state index contributed by atoms with van der Waals surface area (Å²) in [6, 6.07) is 7.57. The highest BCUT2D eigenvalue weighted by Crippen LogP contribution is 2.38. The zero-order chi connectivity index (χ0) is 14.8. The van der Waals surface area contributed by atoms with E-state index in [1.165, 1.54) is 24.6 Å². The average molecular weight is 322 g/mol. The molecule has 1 aromatic carbocycles. The van der Waals surface area contributed by atoms with Crippen LogP contribution in [0, 0.1) is 0 Å². The molecule has 1 aliphatic rings. The molecule has 0 radical (unpaired) electrons. The standard InChI is InChI=1S/C15H16ClN3OS/c1-2-13(14(20)10-3-5-11(16)6-4-10)21-15-18-17-9-19(15)12-7-8-12/h3-6,9,12-13H,2,7-8H2,1H3/t13-/m1/s1. The number of ketones is 1. The largest absolute Gasteiger partial charge is 0.306 e. The second kappa shape index (κ2) is 6.20.